The minimum absolute atomic E-state index is 0. The summed E-state index contributed by atoms with van der Waals surface area (Å²) < 4.78 is 0. The molecule has 16 heavy (non-hydrogen) atoms. The standard InChI is InChI=1S/C13H20N2.Na.H/c1-2-3-10-15-11-6-9-14-12-7-4-5-8-13(12)15;;/h4-5,7-8,14H,2-3,6,9-11H2,1H3;;/q;+1;-1. The van der Waals surface area contributed by atoms with E-state index in [1.807, 2.05) is 0 Å². The van der Waals surface area contributed by atoms with E-state index in [1.165, 1.54) is 43.7 Å². The second kappa shape index (κ2) is 7.21. The largest absolute Gasteiger partial charge is 1.00 e. The number of benzene rings is 1. The molecule has 0 bridgehead atoms. The first kappa shape index (κ1) is 13.9. The number of para-hydroxylation sites is 2. The van der Waals surface area contributed by atoms with Crippen LogP contribution in [0.4, 0.5) is 11.4 Å². The van der Waals surface area contributed by atoms with Gasteiger partial charge >= 0.3 is 29.6 Å². The topological polar surface area (TPSA) is 15.3 Å². The summed E-state index contributed by atoms with van der Waals surface area (Å²) in [5, 5.41) is 3.49. The van der Waals surface area contributed by atoms with Crippen LogP contribution in [0.5, 0.6) is 0 Å². The van der Waals surface area contributed by atoms with Crippen LogP contribution in [0.3, 0.4) is 0 Å². The Morgan fingerprint density at radius 3 is 3.00 bits per heavy atom. The third kappa shape index (κ3) is 3.41. The third-order valence-corrected chi connectivity index (χ3v) is 2.95. The summed E-state index contributed by atoms with van der Waals surface area (Å²) in [6.07, 6.45) is 3.79. The Morgan fingerprint density at radius 2 is 2.19 bits per heavy atom. The van der Waals surface area contributed by atoms with E-state index in [2.05, 4.69) is 41.4 Å². The molecule has 1 aliphatic heterocycles. The van der Waals surface area contributed by atoms with Crippen LogP contribution in [0, 0.1) is 0 Å². The molecule has 0 aromatic heterocycles. The number of unbranched alkanes of at least 4 members (excludes halogenated alkanes) is 1. The molecule has 2 rings (SSSR count). The molecular formula is C13H21N2Na. The summed E-state index contributed by atoms with van der Waals surface area (Å²) in [5.74, 6) is 0. The maximum absolute atomic E-state index is 3.49. The zero-order chi connectivity index (χ0) is 10.5. The Balaban J connectivity index is 0.00000128. The Hall–Kier alpha value is -0.180. The SMILES string of the molecule is CCCCN1CCCNc2ccccc21.[H-].[Na+]. The summed E-state index contributed by atoms with van der Waals surface area (Å²) in [5.41, 5.74) is 2.68. The summed E-state index contributed by atoms with van der Waals surface area (Å²) in [6.45, 7) is 5.72. The van der Waals surface area contributed by atoms with E-state index in [9.17, 15) is 0 Å². The van der Waals surface area contributed by atoms with Crippen LogP contribution < -0.4 is 39.8 Å². The molecular weight excluding hydrogens is 207 g/mol. The second-order valence-electron chi connectivity index (χ2n) is 4.14. The van der Waals surface area contributed by atoms with Gasteiger partial charge in [-0.05, 0) is 25.0 Å². The van der Waals surface area contributed by atoms with E-state index in [0.717, 1.165) is 6.54 Å². The van der Waals surface area contributed by atoms with Gasteiger partial charge in [0.25, 0.3) is 0 Å². The van der Waals surface area contributed by atoms with Crippen molar-refractivity contribution < 1.29 is 31.0 Å². The van der Waals surface area contributed by atoms with E-state index in [0.29, 0.717) is 0 Å². The van der Waals surface area contributed by atoms with Gasteiger partial charge in [0.2, 0.25) is 0 Å². The predicted molar refractivity (Wildman–Crippen MR) is 67.8 cm³/mol. The van der Waals surface area contributed by atoms with E-state index >= 15 is 0 Å². The van der Waals surface area contributed by atoms with Crippen molar-refractivity contribution in [2.45, 2.75) is 26.2 Å². The maximum atomic E-state index is 3.49. The molecule has 0 spiro atoms. The van der Waals surface area contributed by atoms with E-state index in [4.69, 9.17) is 0 Å². The van der Waals surface area contributed by atoms with Crippen LogP contribution in [-0.2, 0) is 0 Å². The summed E-state index contributed by atoms with van der Waals surface area (Å²) in [4.78, 5) is 2.51. The third-order valence-electron chi connectivity index (χ3n) is 2.95. The molecule has 1 aromatic rings. The molecule has 0 aliphatic carbocycles. The molecule has 0 atom stereocenters. The minimum Gasteiger partial charge on any atom is -1.00 e. The van der Waals surface area contributed by atoms with Gasteiger partial charge in [-0.2, -0.15) is 0 Å². The number of fused-ring (bicyclic) bond motifs is 1. The summed E-state index contributed by atoms with van der Waals surface area (Å²) in [6, 6.07) is 8.64. The van der Waals surface area contributed by atoms with Gasteiger partial charge in [0, 0.05) is 19.6 Å². The fraction of sp³-hybridized carbons (Fsp3) is 0.538. The van der Waals surface area contributed by atoms with Crippen LogP contribution in [0.15, 0.2) is 24.3 Å². The first-order valence-corrected chi connectivity index (χ1v) is 5.99. The Kier molecular flexibility index (Phi) is 6.25. The molecule has 1 aromatic carbocycles. The number of rotatable bonds is 3. The van der Waals surface area contributed by atoms with Gasteiger partial charge in [0.05, 0.1) is 11.4 Å². The average Bonchev–Trinajstić information content (AvgIpc) is 2.49. The van der Waals surface area contributed by atoms with Crippen molar-refractivity contribution in [1.82, 2.24) is 0 Å². The molecule has 0 unspecified atom stereocenters. The molecule has 1 aliphatic rings. The van der Waals surface area contributed by atoms with Gasteiger partial charge < -0.3 is 11.6 Å². The van der Waals surface area contributed by atoms with Gasteiger partial charge in [-0.1, -0.05) is 25.5 Å². The van der Waals surface area contributed by atoms with Crippen molar-refractivity contribution in [1.29, 1.82) is 0 Å². The maximum Gasteiger partial charge on any atom is 1.00 e. The molecule has 0 saturated carbocycles. The molecule has 0 saturated heterocycles. The summed E-state index contributed by atoms with van der Waals surface area (Å²) >= 11 is 0. The number of hydrogen-bond acceptors (Lipinski definition) is 2. The smallest absolute Gasteiger partial charge is 1.00 e. The first-order chi connectivity index (χ1) is 7.42. The Bertz CT molecular complexity index is 320. The van der Waals surface area contributed by atoms with Crippen molar-refractivity contribution in [3.8, 4) is 0 Å². The Morgan fingerprint density at radius 1 is 1.38 bits per heavy atom. The average molecular weight is 228 g/mol. The number of nitrogens with zero attached hydrogens (tertiary/aromatic N) is 1. The van der Waals surface area contributed by atoms with Gasteiger partial charge in [0.1, 0.15) is 0 Å². The molecule has 84 valence electrons. The molecule has 0 fully saturated rings. The molecule has 0 radical (unpaired) electrons. The van der Waals surface area contributed by atoms with Crippen molar-refractivity contribution in [3.05, 3.63) is 24.3 Å². The van der Waals surface area contributed by atoms with Crippen molar-refractivity contribution in [3.63, 3.8) is 0 Å². The normalized spacial score (nSPS) is 14.4. The first-order valence-electron chi connectivity index (χ1n) is 5.99. The number of nitrogens with one attached hydrogen (secondary N) is 1. The van der Waals surface area contributed by atoms with Gasteiger partial charge in [0.15, 0.2) is 0 Å². The monoisotopic (exact) mass is 228 g/mol. The van der Waals surface area contributed by atoms with Gasteiger partial charge in [-0.25, -0.2) is 0 Å². The van der Waals surface area contributed by atoms with Crippen LogP contribution >= 0.6 is 0 Å². The van der Waals surface area contributed by atoms with Gasteiger partial charge in [-0.15, -0.1) is 0 Å². The molecule has 1 N–H and O–H groups in total. The predicted octanol–water partition coefficient (Wildman–Crippen LogP) is 0.225. The van der Waals surface area contributed by atoms with Crippen molar-refractivity contribution in [2.75, 3.05) is 29.9 Å². The Labute approximate surface area is 122 Å². The molecule has 0 amide bonds. The van der Waals surface area contributed by atoms with E-state index < -0.39 is 0 Å². The zero-order valence-electron chi connectivity index (χ0n) is 11.5. The van der Waals surface area contributed by atoms with Crippen LogP contribution in [0.1, 0.15) is 27.6 Å². The fourth-order valence-corrected chi connectivity index (χ4v) is 2.09. The van der Waals surface area contributed by atoms with Crippen molar-refractivity contribution in [2.24, 2.45) is 0 Å². The number of anilines is 2. The molecule has 1 heterocycles. The molecule has 3 heteroatoms. The number of hydrogen-bond donors (Lipinski definition) is 1. The van der Waals surface area contributed by atoms with Gasteiger partial charge in [-0.3, -0.25) is 0 Å². The second-order valence-corrected chi connectivity index (χ2v) is 4.14. The van der Waals surface area contributed by atoms with E-state index in [-0.39, 0.29) is 31.0 Å². The summed E-state index contributed by atoms with van der Waals surface area (Å²) in [7, 11) is 0. The van der Waals surface area contributed by atoms with Crippen LogP contribution in [-0.4, -0.2) is 19.6 Å². The van der Waals surface area contributed by atoms with Crippen molar-refractivity contribution >= 4 is 11.4 Å². The zero-order valence-corrected chi connectivity index (χ0v) is 12.5. The minimum atomic E-state index is 0. The fourth-order valence-electron chi connectivity index (χ4n) is 2.09. The quantitative estimate of drug-likeness (QED) is 0.745. The van der Waals surface area contributed by atoms with Crippen LogP contribution in [0.25, 0.3) is 0 Å². The van der Waals surface area contributed by atoms with E-state index in [1.54, 1.807) is 0 Å². The molecule has 2 nitrogen and oxygen atoms in total. The van der Waals surface area contributed by atoms with Crippen LogP contribution in [0.2, 0.25) is 0 Å².